The van der Waals surface area contributed by atoms with Crippen LogP contribution in [0.15, 0.2) is 36.5 Å². The maximum Gasteiger partial charge on any atom is 0.239 e. The maximum absolute atomic E-state index is 12.3. The minimum atomic E-state index is -0.00593. The van der Waals surface area contributed by atoms with Crippen LogP contribution >= 0.6 is 11.6 Å². The van der Waals surface area contributed by atoms with Gasteiger partial charge in [0.15, 0.2) is 0 Å². The van der Waals surface area contributed by atoms with E-state index in [1.165, 1.54) is 0 Å². The van der Waals surface area contributed by atoms with Crippen LogP contribution in [0.3, 0.4) is 0 Å². The molecule has 1 aromatic heterocycles. The van der Waals surface area contributed by atoms with Crippen molar-refractivity contribution in [2.24, 2.45) is 0 Å². The SMILES string of the molecule is CC(C)n1nccc1NC(=O)CN1CCN(c2ccccc2Cl)CC1. The zero-order valence-corrected chi connectivity index (χ0v) is 15.4. The van der Waals surface area contributed by atoms with Crippen molar-refractivity contribution < 1.29 is 4.79 Å². The van der Waals surface area contributed by atoms with Gasteiger partial charge in [-0.25, -0.2) is 4.68 Å². The third-order valence-electron chi connectivity index (χ3n) is 4.36. The van der Waals surface area contributed by atoms with Crippen molar-refractivity contribution in [3.8, 4) is 0 Å². The van der Waals surface area contributed by atoms with Gasteiger partial charge in [-0.1, -0.05) is 23.7 Å². The number of hydrogen-bond donors (Lipinski definition) is 1. The zero-order valence-electron chi connectivity index (χ0n) is 14.7. The van der Waals surface area contributed by atoms with Crippen molar-refractivity contribution in [2.45, 2.75) is 19.9 Å². The topological polar surface area (TPSA) is 53.4 Å². The molecule has 7 heteroatoms. The molecule has 2 heterocycles. The molecule has 6 nitrogen and oxygen atoms in total. The quantitative estimate of drug-likeness (QED) is 0.889. The summed E-state index contributed by atoms with van der Waals surface area (Å²) in [7, 11) is 0. The Morgan fingerprint density at radius 2 is 1.92 bits per heavy atom. The van der Waals surface area contributed by atoms with Gasteiger partial charge in [0, 0.05) is 38.3 Å². The van der Waals surface area contributed by atoms with Crippen LogP contribution in [-0.2, 0) is 4.79 Å². The van der Waals surface area contributed by atoms with E-state index >= 15 is 0 Å². The Morgan fingerprint density at radius 1 is 1.20 bits per heavy atom. The summed E-state index contributed by atoms with van der Waals surface area (Å²) in [5, 5.41) is 7.97. The highest BCUT2D eigenvalue weighted by Gasteiger charge is 2.21. The number of benzene rings is 1. The van der Waals surface area contributed by atoms with Gasteiger partial charge >= 0.3 is 0 Å². The highest BCUT2D eigenvalue weighted by molar-refractivity contribution is 6.33. The first-order valence-electron chi connectivity index (χ1n) is 8.60. The Bertz CT molecular complexity index is 722. The number of piperazine rings is 1. The van der Waals surface area contributed by atoms with Crippen LogP contribution in [0, 0.1) is 0 Å². The molecule has 3 rings (SSSR count). The number of rotatable bonds is 5. The summed E-state index contributed by atoms with van der Waals surface area (Å²) in [6.45, 7) is 7.86. The van der Waals surface area contributed by atoms with E-state index in [1.807, 2.05) is 48.9 Å². The Labute approximate surface area is 153 Å². The van der Waals surface area contributed by atoms with Gasteiger partial charge in [0.1, 0.15) is 5.82 Å². The van der Waals surface area contributed by atoms with Crippen LogP contribution in [0.2, 0.25) is 5.02 Å². The molecule has 1 fully saturated rings. The molecule has 0 aliphatic carbocycles. The van der Waals surface area contributed by atoms with Crippen LogP contribution in [0.5, 0.6) is 0 Å². The number of nitrogens with zero attached hydrogens (tertiary/aromatic N) is 4. The van der Waals surface area contributed by atoms with E-state index in [2.05, 4.69) is 20.2 Å². The second-order valence-corrected chi connectivity index (χ2v) is 6.92. The molecular weight excluding hydrogens is 338 g/mol. The second kappa shape index (κ2) is 7.89. The number of carbonyl (C=O) groups is 1. The number of anilines is 2. The third kappa shape index (κ3) is 4.32. The first-order chi connectivity index (χ1) is 12.0. The van der Waals surface area contributed by atoms with Gasteiger partial charge in [-0.3, -0.25) is 9.69 Å². The Morgan fingerprint density at radius 3 is 2.60 bits per heavy atom. The van der Waals surface area contributed by atoms with Gasteiger partial charge in [-0.15, -0.1) is 0 Å². The maximum atomic E-state index is 12.3. The van der Waals surface area contributed by atoms with E-state index in [0.717, 1.165) is 42.7 Å². The average Bonchev–Trinajstić information content (AvgIpc) is 3.04. The lowest BCUT2D eigenvalue weighted by atomic mass is 10.2. The molecule has 134 valence electrons. The summed E-state index contributed by atoms with van der Waals surface area (Å²) < 4.78 is 1.81. The fourth-order valence-electron chi connectivity index (χ4n) is 3.07. The Kier molecular flexibility index (Phi) is 5.60. The highest BCUT2D eigenvalue weighted by Crippen LogP contribution is 2.26. The predicted molar refractivity (Wildman–Crippen MR) is 101 cm³/mol. The summed E-state index contributed by atoms with van der Waals surface area (Å²) in [5.74, 6) is 0.739. The second-order valence-electron chi connectivity index (χ2n) is 6.52. The first kappa shape index (κ1) is 17.8. The van der Waals surface area contributed by atoms with Crippen molar-refractivity contribution in [2.75, 3.05) is 42.9 Å². The third-order valence-corrected chi connectivity index (χ3v) is 4.68. The molecule has 1 saturated heterocycles. The minimum Gasteiger partial charge on any atom is -0.368 e. The molecular formula is C18H24ClN5O. The fraction of sp³-hybridized carbons (Fsp3) is 0.444. The molecule has 1 aromatic carbocycles. The summed E-state index contributed by atoms with van der Waals surface area (Å²) in [4.78, 5) is 16.8. The number of amides is 1. The number of carbonyl (C=O) groups excluding carboxylic acids is 1. The summed E-state index contributed by atoms with van der Waals surface area (Å²) in [5.41, 5.74) is 1.06. The van der Waals surface area contributed by atoms with Crippen molar-refractivity contribution in [1.82, 2.24) is 14.7 Å². The van der Waals surface area contributed by atoms with E-state index in [9.17, 15) is 4.79 Å². The Hall–Kier alpha value is -2.05. The first-order valence-corrected chi connectivity index (χ1v) is 8.97. The predicted octanol–water partition coefficient (Wildman–Crippen LogP) is 2.88. The number of para-hydroxylation sites is 1. The monoisotopic (exact) mass is 361 g/mol. The fourth-order valence-corrected chi connectivity index (χ4v) is 3.32. The molecule has 0 unspecified atom stereocenters. The molecule has 1 aliphatic rings. The molecule has 0 radical (unpaired) electrons. The lowest BCUT2D eigenvalue weighted by molar-refractivity contribution is -0.117. The normalized spacial score (nSPS) is 15.6. The number of hydrogen-bond acceptors (Lipinski definition) is 4. The van der Waals surface area contributed by atoms with Crippen molar-refractivity contribution in [1.29, 1.82) is 0 Å². The van der Waals surface area contributed by atoms with Crippen LogP contribution in [0.4, 0.5) is 11.5 Å². The largest absolute Gasteiger partial charge is 0.368 e. The van der Waals surface area contributed by atoms with Gasteiger partial charge in [-0.05, 0) is 26.0 Å². The van der Waals surface area contributed by atoms with Crippen LogP contribution in [-0.4, -0.2) is 53.3 Å². The average molecular weight is 362 g/mol. The van der Waals surface area contributed by atoms with Crippen LogP contribution < -0.4 is 10.2 Å². The smallest absolute Gasteiger partial charge is 0.239 e. The van der Waals surface area contributed by atoms with Crippen molar-refractivity contribution >= 4 is 29.0 Å². The van der Waals surface area contributed by atoms with Gasteiger partial charge in [0.2, 0.25) is 5.91 Å². The molecule has 1 amide bonds. The molecule has 1 N–H and O–H groups in total. The van der Waals surface area contributed by atoms with Gasteiger partial charge in [-0.2, -0.15) is 5.10 Å². The van der Waals surface area contributed by atoms with Crippen LogP contribution in [0.25, 0.3) is 0 Å². The lowest BCUT2D eigenvalue weighted by Gasteiger charge is -2.36. The highest BCUT2D eigenvalue weighted by atomic mass is 35.5. The van der Waals surface area contributed by atoms with Gasteiger partial charge < -0.3 is 10.2 Å². The van der Waals surface area contributed by atoms with E-state index in [1.54, 1.807) is 6.20 Å². The molecule has 0 atom stereocenters. The van der Waals surface area contributed by atoms with Crippen molar-refractivity contribution in [3.63, 3.8) is 0 Å². The van der Waals surface area contributed by atoms with E-state index < -0.39 is 0 Å². The standard InChI is InChI=1S/C18H24ClN5O/c1-14(2)24-17(7-8-20-24)21-18(25)13-22-9-11-23(12-10-22)16-6-4-3-5-15(16)19/h3-8,14H,9-13H2,1-2H3,(H,21,25). The Balaban J connectivity index is 1.51. The van der Waals surface area contributed by atoms with E-state index in [4.69, 9.17) is 11.6 Å². The zero-order chi connectivity index (χ0) is 17.8. The molecule has 0 spiro atoms. The number of halogens is 1. The molecule has 0 bridgehead atoms. The molecule has 1 aliphatic heterocycles. The number of nitrogens with one attached hydrogen (secondary N) is 1. The van der Waals surface area contributed by atoms with Gasteiger partial charge in [0.05, 0.1) is 23.5 Å². The molecule has 2 aromatic rings. The molecule has 0 saturated carbocycles. The number of aromatic nitrogens is 2. The van der Waals surface area contributed by atoms with E-state index in [-0.39, 0.29) is 11.9 Å². The van der Waals surface area contributed by atoms with Crippen molar-refractivity contribution in [3.05, 3.63) is 41.6 Å². The lowest BCUT2D eigenvalue weighted by Crippen LogP contribution is -2.48. The minimum absolute atomic E-state index is 0.00593. The summed E-state index contributed by atoms with van der Waals surface area (Å²) in [6.07, 6.45) is 1.71. The summed E-state index contributed by atoms with van der Waals surface area (Å²) in [6, 6.07) is 9.93. The van der Waals surface area contributed by atoms with Gasteiger partial charge in [0.25, 0.3) is 0 Å². The van der Waals surface area contributed by atoms with E-state index in [0.29, 0.717) is 6.54 Å². The summed E-state index contributed by atoms with van der Waals surface area (Å²) >= 11 is 6.27. The molecule has 25 heavy (non-hydrogen) atoms. The van der Waals surface area contributed by atoms with Crippen LogP contribution in [0.1, 0.15) is 19.9 Å².